The second kappa shape index (κ2) is 13.0. The molecular weight excluding hydrogens is 530 g/mol. The predicted octanol–water partition coefficient (Wildman–Crippen LogP) is 5.84. The number of nitrogens with one attached hydrogen (secondary N) is 1. The summed E-state index contributed by atoms with van der Waals surface area (Å²) < 4.78 is 13.3. The molecule has 4 rings (SSSR count). The highest BCUT2D eigenvalue weighted by Gasteiger charge is 2.22. The van der Waals surface area contributed by atoms with Crippen LogP contribution in [0.2, 0.25) is 0 Å². The molecule has 1 atom stereocenters. The van der Waals surface area contributed by atoms with Crippen molar-refractivity contribution in [1.29, 1.82) is 0 Å². The predicted molar refractivity (Wildman–Crippen MR) is 165 cm³/mol. The Morgan fingerprint density at radius 2 is 1.71 bits per heavy atom. The van der Waals surface area contributed by atoms with Gasteiger partial charge in [0.2, 0.25) is 5.91 Å². The van der Waals surface area contributed by atoms with E-state index in [0.717, 1.165) is 22.0 Å². The van der Waals surface area contributed by atoms with Crippen molar-refractivity contribution in [2.75, 3.05) is 27.7 Å². The first kappa shape index (κ1) is 31.1. The van der Waals surface area contributed by atoms with Gasteiger partial charge in [-0.15, -0.1) is 0 Å². The first-order chi connectivity index (χ1) is 19.9. The number of benzene rings is 2. The van der Waals surface area contributed by atoms with Gasteiger partial charge in [0, 0.05) is 54.8 Å². The average molecular weight is 576 g/mol. The van der Waals surface area contributed by atoms with Gasteiger partial charge in [0.25, 0.3) is 5.91 Å². The van der Waals surface area contributed by atoms with Gasteiger partial charge < -0.3 is 24.3 Å². The van der Waals surface area contributed by atoms with Crippen LogP contribution >= 0.6 is 0 Å². The lowest BCUT2D eigenvalue weighted by molar-refractivity contribution is -0.132. The molecule has 1 fully saturated rings. The summed E-state index contributed by atoms with van der Waals surface area (Å²) in [5, 5.41) is 4.13. The van der Waals surface area contributed by atoms with Gasteiger partial charge in [0.1, 0.15) is 11.4 Å². The van der Waals surface area contributed by atoms with Gasteiger partial charge in [-0.05, 0) is 75.8 Å². The van der Waals surface area contributed by atoms with Gasteiger partial charge in [-0.3, -0.25) is 9.59 Å². The lowest BCUT2D eigenvalue weighted by Gasteiger charge is -2.20. The van der Waals surface area contributed by atoms with E-state index in [1.165, 1.54) is 25.7 Å². The lowest BCUT2D eigenvalue weighted by Crippen LogP contribution is -2.29. The quantitative estimate of drug-likeness (QED) is 0.307. The van der Waals surface area contributed by atoms with E-state index in [1.807, 2.05) is 52.0 Å². The number of carbonyl (C=O) groups excluding carboxylic acids is 3. The van der Waals surface area contributed by atoms with Crippen LogP contribution in [-0.2, 0) is 22.5 Å². The highest BCUT2D eigenvalue weighted by molar-refractivity contribution is 5.99. The Morgan fingerprint density at radius 1 is 1.02 bits per heavy atom. The van der Waals surface area contributed by atoms with Crippen molar-refractivity contribution in [3.63, 3.8) is 0 Å². The van der Waals surface area contributed by atoms with Crippen molar-refractivity contribution < 1.29 is 23.9 Å². The number of fused-ring (bicyclic) bond motifs is 1. The van der Waals surface area contributed by atoms with E-state index in [0.29, 0.717) is 42.3 Å². The number of carbonyl (C=O) groups is 3. The molecule has 0 bridgehead atoms. The van der Waals surface area contributed by atoms with E-state index < -0.39 is 11.6 Å². The molecule has 0 saturated heterocycles. The van der Waals surface area contributed by atoms with Crippen LogP contribution in [0.3, 0.4) is 0 Å². The fourth-order valence-electron chi connectivity index (χ4n) is 5.74. The normalized spacial score (nSPS) is 14.5. The van der Waals surface area contributed by atoms with Crippen LogP contribution in [0.1, 0.15) is 85.2 Å². The molecule has 0 aliphatic heterocycles. The number of esters is 1. The smallest absolute Gasteiger partial charge is 0.338 e. The Labute approximate surface area is 249 Å². The fraction of sp³-hybridized carbons (Fsp3) is 0.500. The number of amides is 2. The number of rotatable bonds is 10. The number of hydrogen-bond donors (Lipinski definition) is 1. The summed E-state index contributed by atoms with van der Waals surface area (Å²) in [7, 11) is 5.12. The maximum absolute atomic E-state index is 13.1. The summed E-state index contributed by atoms with van der Waals surface area (Å²) in [6.07, 6.45) is 7.45. The van der Waals surface area contributed by atoms with Crippen molar-refractivity contribution >= 4 is 28.7 Å². The maximum Gasteiger partial charge on any atom is 0.338 e. The van der Waals surface area contributed by atoms with Crippen LogP contribution in [0.4, 0.5) is 0 Å². The van der Waals surface area contributed by atoms with Gasteiger partial charge in [-0.2, -0.15) is 0 Å². The van der Waals surface area contributed by atoms with E-state index in [9.17, 15) is 14.4 Å². The average Bonchev–Trinajstić information content (AvgIpc) is 3.58. The number of ether oxygens (including phenoxy) is 2. The van der Waals surface area contributed by atoms with Crippen LogP contribution in [0.25, 0.3) is 10.9 Å². The summed E-state index contributed by atoms with van der Waals surface area (Å²) in [5.41, 5.74) is 3.24. The van der Waals surface area contributed by atoms with Gasteiger partial charge >= 0.3 is 5.97 Å². The lowest BCUT2D eigenvalue weighted by atomic mass is 9.99. The number of methoxy groups -OCH3 is 1. The Kier molecular flexibility index (Phi) is 9.64. The molecule has 0 spiro atoms. The summed E-state index contributed by atoms with van der Waals surface area (Å²) in [5.74, 6) is 0.514. The molecule has 0 radical (unpaired) electrons. The molecule has 1 heterocycles. The summed E-state index contributed by atoms with van der Waals surface area (Å²) >= 11 is 0. The molecule has 2 amide bonds. The first-order valence-corrected chi connectivity index (χ1v) is 14.9. The number of hydrogen-bond acceptors (Lipinski definition) is 5. The van der Waals surface area contributed by atoms with Crippen LogP contribution in [-0.4, -0.2) is 60.6 Å². The largest absolute Gasteiger partial charge is 0.496 e. The third kappa shape index (κ3) is 7.52. The molecule has 1 aliphatic carbocycles. The zero-order chi connectivity index (χ0) is 30.6. The molecule has 1 unspecified atom stereocenters. The molecule has 2 aromatic carbocycles. The SMILES string of the molecule is COc1cc(C(=O)OC(C)(C)C)ccc1Cn1cc(CC(C)C(=O)N(C)C)c2ccc(C(=O)NCC3CCCC3)cc21. The summed E-state index contributed by atoms with van der Waals surface area (Å²) in [4.78, 5) is 40.1. The molecule has 1 N–H and O–H groups in total. The van der Waals surface area contributed by atoms with Crippen molar-refractivity contribution in [3.8, 4) is 5.75 Å². The van der Waals surface area contributed by atoms with E-state index >= 15 is 0 Å². The van der Waals surface area contributed by atoms with Crippen molar-refractivity contribution in [3.05, 3.63) is 64.8 Å². The van der Waals surface area contributed by atoms with E-state index in [1.54, 1.807) is 38.2 Å². The zero-order valence-corrected chi connectivity index (χ0v) is 26.1. The molecular formula is C34H45N3O5. The summed E-state index contributed by atoms with van der Waals surface area (Å²) in [6, 6.07) is 11.1. The summed E-state index contributed by atoms with van der Waals surface area (Å²) in [6.45, 7) is 8.60. The molecule has 226 valence electrons. The Hall–Kier alpha value is -3.81. The van der Waals surface area contributed by atoms with Crippen LogP contribution in [0.15, 0.2) is 42.6 Å². The highest BCUT2D eigenvalue weighted by Crippen LogP contribution is 2.30. The minimum Gasteiger partial charge on any atom is -0.496 e. The van der Waals surface area contributed by atoms with Crippen molar-refractivity contribution in [2.45, 2.75) is 71.9 Å². The standard InChI is InChI=1S/C34H45N3O5/c1-22(32(39)36(5)6)16-27-21-37(20-26-13-12-25(18-30(26)41-7)33(40)42-34(2,3)4)29-17-24(14-15-28(27)29)31(38)35-19-23-10-8-9-11-23/h12-15,17-18,21-23H,8-11,16,19-20H2,1-7H3,(H,35,38). The van der Waals surface area contributed by atoms with Crippen molar-refractivity contribution in [2.24, 2.45) is 11.8 Å². The van der Waals surface area contributed by atoms with Crippen molar-refractivity contribution in [1.82, 2.24) is 14.8 Å². The van der Waals surface area contributed by atoms with Gasteiger partial charge in [0.15, 0.2) is 0 Å². The molecule has 8 heteroatoms. The van der Waals surface area contributed by atoms with Crippen LogP contribution in [0, 0.1) is 11.8 Å². The van der Waals surface area contributed by atoms with E-state index in [-0.39, 0.29) is 17.7 Å². The minimum absolute atomic E-state index is 0.0678. The molecule has 8 nitrogen and oxygen atoms in total. The monoisotopic (exact) mass is 575 g/mol. The topological polar surface area (TPSA) is 89.9 Å². The fourth-order valence-corrected chi connectivity index (χ4v) is 5.74. The van der Waals surface area contributed by atoms with E-state index in [2.05, 4.69) is 16.1 Å². The zero-order valence-electron chi connectivity index (χ0n) is 26.1. The number of nitrogens with zero attached hydrogens (tertiary/aromatic N) is 2. The Morgan fingerprint density at radius 3 is 2.36 bits per heavy atom. The minimum atomic E-state index is -0.602. The molecule has 1 saturated carbocycles. The van der Waals surface area contributed by atoms with Gasteiger partial charge in [0.05, 0.1) is 19.2 Å². The van der Waals surface area contributed by atoms with Crippen LogP contribution in [0.5, 0.6) is 5.75 Å². The second-order valence-corrected chi connectivity index (χ2v) is 12.7. The maximum atomic E-state index is 13.1. The number of aromatic nitrogens is 1. The van der Waals surface area contributed by atoms with Crippen LogP contribution < -0.4 is 10.1 Å². The van der Waals surface area contributed by atoms with Gasteiger partial charge in [-0.25, -0.2) is 4.79 Å². The molecule has 42 heavy (non-hydrogen) atoms. The van der Waals surface area contributed by atoms with E-state index in [4.69, 9.17) is 9.47 Å². The Balaban J connectivity index is 1.67. The molecule has 1 aromatic heterocycles. The Bertz CT molecular complexity index is 1440. The first-order valence-electron chi connectivity index (χ1n) is 14.9. The third-order valence-electron chi connectivity index (χ3n) is 7.90. The molecule has 3 aromatic rings. The molecule has 1 aliphatic rings. The second-order valence-electron chi connectivity index (χ2n) is 12.7. The third-order valence-corrected chi connectivity index (χ3v) is 7.90. The van der Waals surface area contributed by atoms with Gasteiger partial charge in [-0.1, -0.05) is 31.9 Å². The highest BCUT2D eigenvalue weighted by atomic mass is 16.6.